The summed E-state index contributed by atoms with van der Waals surface area (Å²) in [5.41, 5.74) is 2.68. The number of aryl methyl sites for hydroxylation is 1. The molecule has 188 valence electrons. The third-order valence-corrected chi connectivity index (χ3v) is 6.93. The third kappa shape index (κ3) is 6.79. The van der Waals surface area contributed by atoms with Crippen molar-refractivity contribution in [1.82, 2.24) is 14.5 Å². The number of aromatic nitrogens is 3. The van der Waals surface area contributed by atoms with Crippen LogP contribution in [0.3, 0.4) is 0 Å². The lowest BCUT2D eigenvalue weighted by molar-refractivity contribution is -0.146. The summed E-state index contributed by atoms with van der Waals surface area (Å²) in [6, 6.07) is 7.31. The van der Waals surface area contributed by atoms with Crippen molar-refractivity contribution >= 4 is 45.4 Å². The van der Waals surface area contributed by atoms with Gasteiger partial charge in [-0.2, -0.15) is 0 Å². The lowest BCUT2D eigenvalue weighted by Gasteiger charge is -2.15. The summed E-state index contributed by atoms with van der Waals surface area (Å²) >= 11 is 6.34. The smallest absolute Gasteiger partial charge is 0.307 e. The molecular weight excluding hydrogens is 494 g/mol. The standard InChI is InChI=1S/C24H28ClN3O6S/c1-15-12-26-18(16(2)23(15)33-3)14-35(32)24-27-17-8-4-5-9-19(17)28(24)13-20(25)34-22(31)11-7-6-10-21(29)30/h4-5,8-9,12,20H,6-7,10-11,13-14H2,1-3H3,(H,29,30). The van der Waals surface area contributed by atoms with Crippen LogP contribution in [-0.2, 0) is 37.4 Å². The summed E-state index contributed by atoms with van der Waals surface area (Å²) in [4.78, 5) is 31.7. The fourth-order valence-corrected chi connectivity index (χ4v) is 5.26. The number of alkyl halides is 1. The molecule has 1 N–H and O–H groups in total. The number of halogens is 1. The van der Waals surface area contributed by atoms with Crippen LogP contribution in [0.4, 0.5) is 0 Å². The zero-order valence-electron chi connectivity index (χ0n) is 19.8. The highest BCUT2D eigenvalue weighted by Gasteiger charge is 2.22. The molecule has 0 saturated carbocycles. The summed E-state index contributed by atoms with van der Waals surface area (Å²) in [7, 11) is 0.0205. The largest absolute Gasteiger partial charge is 0.496 e. The molecule has 35 heavy (non-hydrogen) atoms. The van der Waals surface area contributed by atoms with E-state index < -0.39 is 28.3 Å². The number of rotatable bonds is 12. The van der Waals surface area contributed by atoms with E-state index in [2.05, 4.69) is 9.97 Å². The van der Waals surface area contributed by atoms with E-state index in [1.807, 2.05) is 38.1 Å². The van der Waals surface area contributed by atoms with Crippen molar-refractivity contribution in [1.29, 1.82) is 0 Å². The lowest BCUT2D eigenvalue weighted by atomic mass is 10.1. The number of unbranched alkanes of at least 4 members (excludes halogenated alkanes) is 1. The molecule has 2 heterocycles. The van der Waals surface area contributed by atoms with Crippen LogP contribution in [0.15, 0.2) is 35.6 Å². The maximum absolute atomic E-state index is 13.4. The topological polar surface area (TPSA) is 121 Å². The maximum atomic E-state index is 13.4. The predicted octanol–water partition coefficient (Wildman–Crippen LogP) is 4.12. The molecule has 0 aliphatic carbocycles. The van der Waals surface area contributed by atoms with Gasteiger partial charge < -0.3 is 19.1 Å². The number of benzene rings is 1. The molecule has 0 radical (unpaired) electrons. The van der Waals surface area contributed by atoms with E-state index in [0.717, 1.165) is 11.1 Å². The minimum Gasteiger partial charge on any atom is -0.496 e. The number of carboxylic acids is 1. The highest BCUT2D eigenvalue weighted by molar-refractivity contribution is 7.84. The first-order valence-electron chi connectivity index (χ1n) is 11.1. The number of nitrogens with zero attached hydrogens (tertiary/aromatic N) is 3. The number of methoxy groups -OCH3 is 1. The number of carbonyl (C=O) groups excluding carboxylic acids is 1. The fraction of sp³-hybridized carbons (Fsp3) is 0.417. The Morgan fingerprint density at radius 1 is 1.20 bits per heavy atom. The second-order valence-electron chi connectivity index (χ2n) is 8.03. The van der Waals surface area contributed by atoms with Crippen molar-refractivity contribution < 1.29 is 28.4 Å². The Kier molecular flexibility index (Phi) is 9.22. The molecule has 0 amide bonds. The van der Waals surface area contributed by atoms with Gasteiger partial charge in [-0.3, -0.25) is 18.8 Å². The molecule has 0 saturated heterocycles. The first kappa shape index (κ1) is 26.6. The molecule has 11 heteroatoms. The van der Waals surface area contributed by atoms with Crippen molar-refractivity contribution in [2.24, 2.45) is 0 Å². The van der Waals surface area contributed by atoms with Gasteiger partial charge in [0.2, 0.25) is 5.16 Å². The SMILES string of the molecule is COc1c(C)cnc(CS(=O)c2nc3ccccc3n2CC(Cl)OC(=O)CCCCC(=O)O)c1C. The van der Waals surface area contributed by atoms with Crippen LogP contribution in [0.1, 0.15) is 42.5 Å². The summed E-state index contributed by atoms with van der Waals surface area (Å²) in [5.74, 6) is -0.594. The molecule has 3 aromatic rings. The summed E-state index contributed by atoms with van der Waals surface area (Å²) < 4.78 is 25.9. The van der Waals surface area contributed by atoms with Crippen LogP contribution in [0.25, 0.3) is 11.0 Å². The van der Waals surface area contributed by atoms with Crippen molar-refractivity contribution in [3.05, 3.63) is 47.3 Å². The summed E-state index contributed by atoms with van der Waals surface area (Å²) in [6.07, 6.45) is 2.52. The van der Waals surface area contributed by atoms with E-state index in [1.165, 1.54) is 0 Å². The molecule has 9 nitrogen and oxygen atoms in total. The van der Waals surface area contributed by atoms with Crippen LogP contribution in [0.5, 0.6) is 5.75 Å². The third-order valence-electron chi connectivity index (χ3n) is 5.45. The Bertz CT molecular complexity index is 1250. The first-order valence-corrected chi connectivity index (χ1v) is 12.8. The lowest BCUT2D eigenvalue weighted by Crippen LogP contribution is -2.20. The molecule has 2 unspecified atom stereocenters. The average molecular weight is 522 g/mol. The Morgan fingerprint density at radius 2 is 1.91 bits per heavy atom. The van der Waals surface area contributed by atoms with Crippen molar-refractivity contribution in [3.63, 3.8) is 0 Å². The number of esters is 1. The van der Waals surface area contributed by atoms with Gasteiger partial charge in [-0.15, -0.1) is 0 Å². The highest BCUT2D eigenvalue weighted by atomic mass is 35.5. The van der Waals surface area contributed by atoms with Gasteiger partial charge in [0.15, 0.2) is 5.56 Å². The molecule has 1 aromatic carbocycles. The van der Waals surface area contributed by atoms with Gasteiger partial charge in [0.25, 0.3) is 0 Å². The molecule has 0 aliphatic heterocycles. The summed E-state index contributed by atoms with van der Waals surface area (Å²) in [6.45, 7) is 3.82. The van der Waals surface area contributed by atoms with Crippen molar-refractivity contribution in [2.45, 2.75) is 62.5 Å². The minimum atomic E-state index is -1.57. The molecule has 3 rings (SSSR count). The number of pyridine rings is 1. The van der Waals surface area contributed by atoms with E-state index in [9.17, 15) is 13.8 Å². The first-order chi connectivity index (χ1) is 16.7. The zero-order valence-corrected chi connectivity index (χ0v) is 21.4. The monoisotopic (exact) mass is 521 g/mol. The predicted molar refractivity (Wildman–Crippen MR) is 132 cm³/mol. The number of para-hydroxylation sites is 2. The molecule has 0 bridgehead atoms. The van der Waals surface area contributed by atoms with Gasteiger partial charge >= 0.3 is 11.9 Å². The molecule has 0 fully saturated rings. The van der Waals surface area contributed by atoms with Crippen molar-refractivity contribution in [2.75, 3.05) is 7.11 Å². The van der Waals surface area contributed by atoms with Gasteiger partial charge in [0.05, 0.1) is 46.9 Å². The Morgan fingerprint density at radius 3 is 2.63 bits per heavy atom. The van der Waals surface area contributed by atoms with Crippen LogP contribution in [0.2, 0.25) is 0 Å². The van der Waals surface area contributed by atoms with Crippen LogP contribution < -0.4 is 4.74 Å². The number of hydrogen-bond donors (Lipinski definition) is 1. The normalized spacial score (nSPS) is 12.9. The molecule has 2 aromatic heterocycles. The van der Waals surface area contributed by atoms with Crippen molar-refractivity contribution in [3.8, 4) is 5.75 Å². The van der Waals surface area contributed by atoms with Crippen LogP contribution in [0, 0.1) is 13.8 Å². The van der Waals surface area contributed by atoms with E-state index in [0.29, 0.717) is 40.5 Å². The number of carbonyl (C=O) groups is 2. The van der Waals surface area contributed by atoms with Gasteiger partial charge in [-0.05, 0) is 38.8 Å². The van der Waals surface area contributed by atoms with E-state index in [4.69, 9.17) is 26.2 Å². The number of carboxylic acid groups (broad SMARTS) is 1. The number of fused-ring (bicyclic) bond motifs is 1. The van der Waals surface area contributed by atoms with Gasteiger partial charge in [0.1, 0.15) is 5.75 Å². The molecule has 0 spiro atoms. The highest BCUT2D eigenvalue weighted by Crippen LogP contribution is 2.27. The minimum absolute atomic E-state index is 0.00499. The fourth-order valence-electron chi connectivity index (χ4n) is 3.74. The van der Waals surface area contributed by atoms with Crippen LogP contribution >= 0.6 is 11.6 Å². The van der Waals surface area contributed by atoms with E-state index in [1.54, 1.807) is 17.9 Å². The Hall–Kier alpha value is -2.98. The number of imidazole rings is 1. The average Bonchev–Trinajstić information content (AvgIpc) is 3.17. The summed E-state index contributed by atoms with van der Waals surface area (Å²) in [5, 5.41) is 8.99. The molecular formula is C24H28ClN3O6S. The molecule has 2 atom stereocenters. The van der Waals surface area contributed by atoms with Gasteiger partial charge in [-0.1, -0.05) is 23.7 Å². The number of ether oxygens (including phenoxy) is 2. The number of aliphatic carboxylic acids is 1. The number of hydrogen-bond acceptors (Lipinski definition) is 7. The molecule has 0 aliphatic rings. The second kappa shape index (κ2) is 12.1. The van der Waals surface area contributed by atoms with Crippen LogP contribution in [-0.4, -0.2) is 48.5 Å². The van der Waals surface area contributed by atoms with E-state index in [-0.39, 0.29) is 25.1 Å². The maximum Gasteiger partial charge on any atom is 0.307 e. The quantitative estimate of drug-likeness (QED) is 0.215. The Balaban J connectivity index is 1.77. The van der Waals surface area contributed by atoms with Gasteiger partial charge in [0, 0.05) is 30.2 Å². The Labute approximate surface area is 210 Å². The second-order valence-corrected chi connectivity index (χ2v) is 9.86. The van der Waals surface area contributed by atoms with E-state index >= 15 is 0 Å². The van der Waals surface area contributed by atoms with Gasteiger partial charge in [-0.25, -0.2) is 4.98 Å². The zero-order chi connectivity index (χ0) is 25.5.